The maximum atomic E-state index is 12.4. The van der Waals surface area contributed by atoms with Crippen LogP contribution < -0.4 is 0 Å². The molecule has 0 bridgehead atoms. The first-order chi connectivity index (χ1) is 10.3. The smallest absolute Gasteiger partial charge is 0.417 e. The third-order valence-electron chi connectivity index (χ3n) is 3.00. The molecule has 0 N–H and O–H groups in total. The third kappa shape index (κ3) is 5.65. The highest BCUT2D eigenvalue weighted by molar-refractivity contribution is 5.99. The summed E-state index contributed by atoms with van der Waals surface area (Å²) in [5.41, 5.74) is -1.58. The largest absolute Gasteiger partial charge is 0.458 e. The van der Waals surface area contributed by atoms with Crippen molar-refractivity contribution < 1.29 is 28.7 Å². The number of hydrogen-bond acceptors (Lipinski definition) is 6. The molecule has 2 amide bonds. The van der Waals surface area contributed by atoms with Gasteiger partial charge in [0.15, 0.2) is 0 Å². The highest BCUT2D eigenvalue weighted by Crippen LogP contribution is 2.27. The van der Waals surface area contributed by atoms with E-state index in [1.54, 1.807) is 41.5 Å². The van der Waals surface area contributed by atoms with Gasteiger partial charge in [0.25, 0.3) is 0 Å². The van der Waals surface area contributed by atoms with Crippen LogP contribution >= 0.6 is 0 Å². The summed E-state index contributed by atoms with van der Waals surface area (Å²) in [5, 5.41) is 0. The van der Waals surface area contributed by atoms with E-state index >= 15 is 0 Å². The fourth-order valence-electron chi connectivity index (χ4n) is 2.19. The molecule has 7 heteroatoms. The second kappa shape index (κ2) is 6.68. The number of nitrogens with zero attached hydrogens (tertiary/aromatic N) is 1. The summed E-state index contributed by atoms with van der Waals surface area (Å²) >= 11 is 0. The van der Waals surface area contributed by atoms with Gasteiger partial charge in [0.2, 0.25) is 5.91 Å². The van der Waals surface area contributed by atoms with Crippen LogP contribution in [0.2, 0.25) is 0 Å². The molecular formula is C16H25NO6. The molecule has 0 aromatic heterocycles. The van der Waals surface area contributed by atoms with Gasteiger partial charge in [-0.05, 0) is 48.0 Å². The van der Waals surface area contributed by atoms with Crippen molar-refractivity contribution in [2.24, 2.45) is 5.92 Å². The number of hydrogen-bond donors (Lipinski definition) is 0. The van der Waals surface area contributed by atoms with Crippen molar-refractivity contribution in [3.63, 3.8) is 0 Å². The maximum absolute atomic E-state index is 12.4. The monoisotopic (exact) mass is 327 g/mol. The van der Waals surface area contributed by atoms with Crippen LogP contribution in [-0.2, 0) is 23.9 Å². The maximum Gasteiger partial charge on any atom is 0.417 e. The van der Waals surface area contributed by atoms with Gasteiger partial charge in [-0.15, -0.1) is 0 Å². The van der Waals surface area contributed by atoms with Crippen molar-refractivity contribution in [3.05, 3.63) is 0 Å². The molecule has 0 spiro atoms. The van der Waals surface area contributed by atoms with Gasteiger partial charge in [-0.25, -0.2) is 14.5 Å². The first-order valence-electron chi connectivity index (χ1n) is 7.57. The van der Waals surface area contributed by atoms with Crippen molar-refractivity contribution in [3.8, 4) is 0 Å². The fourth-order valence-corrected chi connectivity index (χ4v) is 2.19. The standard InChI is InChI=1S/C16H25NO6/c1-15(2,3)22-13(20)11-7-10(9-18)8-12(19)17(11)14(21)23-16(4,5)6/h9-11H,7-8H2,1-6H3/t10-,11-/m0/s1. The molecule has 1 fully saturated rings. The van der Waals surface area contributed by atoms with Crippen LogP contribution in [0.5, 0.6) is 0 Å². The van der Waals surface area contributed by atoms with Gasteiger partial charge in [-0.3, -0.25) is 4.79 Å². The lowest BCUT2D eigenvalue weighted by molar-refractivity contribution is -0.167. The zero-order valence-corrected chi connectivity index (χ0v) is 14.5. The quantitative estimate of drug-likeness (QED) is 0.570. The Balaban J connectivity index is 3.06. The van der Waals surface area contributed by atoms with E-state index in [4.69, 9.17) is 9.47 Å². The molecule has 130 valence electrons. The van der Waals surface area contributed by atoms with Gasteiger partial charge in [0.1, 0.15) is 23.5 Å². The highest BCUT2D eigenvalue weighted by Gasteiger charge is 2.44. The lowest BCUT2D eigenvalue weighted by Crippen LogP contribution is -2.55. The van der Waals surface area contributed by atoms with Gasteiger partial charge in [-0.1, -0.05) is 0 Å². The van der Waals surface area contributed by atoms with Gasteiger partial charge < -0.3 is 14.3 Å². The number of rotatable bonds is 2. The molecule has 1 aliphatic heterocycles. The van der Waals surface area contributed by atoms with E-state index in [-0.39, 0.29) is 12.8 Å². The summed E-state index contributed by atoms with van der Waals surface area (Å²) in [6, 6.07) is -1.15. The average molecular weight is 327 g/mol. The van der Waals surface area contributed by atoms with Crippen LogP contribution in [0.1, 0.15) is 54.4 Å². The summed E-state index contributed by atoms with van der Waals surface area (Å²) in [6.45, 7) is 10.0. The van der Waals surface area contributed by atoms with Crippen molar-refractivity contribution in [2.45, 2.75) is 71.6 Å². The summed E-state index contributed by atoms with van der Waals surface area (Å²) < 4.78 is 10.5. The Hall–Kier alpha value is -1.92. The zero-order valence-electron chi connectivity index (χ0n) is 14.5. The number of carbonyl (C=O) groups excluding carboxylic acids is 4. The van der Waals surface area contributed by atoms with Crippen molar-refractivity contribution >= 4 is 24.3 Å². The molecule has 23 heavy (non-hydrogen) atoms. The number of amides is 2. The topological polar surface area (TPSA) is 90.0 Å². The molecule has 0 aromatic rings. The molecule has 0 radical (unpaired) electrons. The van der Waals surface area contributed by atoms with Gasteiger partial charge >= 0.3 is 12.1 Å². The highest BCUT2D eigenvalue weighted by atomic mass is 16.6. The van der Waals surface area contributed by atoms with E-state index in [1.165, 1.54) is 0 Å². The SMILES string of the molecule is CC(C)(C)OC(=O)[C@@H]1C[C@H](C=O)CC(=O)N1C(=O)OC(C)(C)C. The summed E-state index contributed by atoms with van der Waals surface area (Å²) in [4.78, 5) is 48.7. The summed E-state index contributed by atoms with van der Waals surface area (Å²) in [6.07, 6.45) is -0.352. The molecule has 1 aliphatic rings. The van der Waals surface area contributed by atoms with Crippen molar-refractivity contribution in [1.29, 1.82) is 0 Å². The summed E-state index contributed by atoms with van der Waals surface area (Å²) in [7, 11) is 0. The van der Waals surface area contributed by atoms with E-state index < -0.39 is 41.1 Å². The number of piperidine rings is 1. The number of imide groups is 1. The lowest BCUT2D eigenvalue weighted by atomic mass is 9.91. The molecule has 2 atom stereocenters. The second-order valence-electron chi connectivity index (χ2n) is 7.63. The molecule has 1 saturated heterocycles. The minimum absolute atomic E-state index is 0.0450. The fraction of sp³-hybridized carbons (Fsp3) is 0.750. The van der Waals surface area contributed by atoms with Gasteiger partial charge in [0.05, 0.1) is 0 Å². The predicted molar refractivity (Wildman–Crippen MR) is 81.5 cm³/mol. The minimum Gasteiger partial charge on any atom is -0.458 e. The Morgan fingerprint density at radius 2 is 1.61 bits per heavy atom. The molecule has 0 unspecified atom stereocenters. The molecule has 1 heterocycles. The third-order valence-corrected chi connectivity index (χ3v) is 3.00. The normalized spacial score (nSPS) is 22.5. The number of ether oxygens (including phenoxy) is 2. The van der Waals surface area contributed by atoms with Crippen LogP contribution in [0, 0.1) is 5.92 Å². The van der Waals surface area contributed by atoms with Gasteiger partial charge in [0, 0.05) is 12.3 Å². The predicted octanol–water partition coefficient (Wildman–Crippen LogP) is 2.07. The molecular weight excluding hydrogens is 302 g/mol. The molecule has 0 aliphatic carbocycles. The van der Waals surface area contributed by atoms with E-state index in [0.717, 1.165) is 4.90 Å². The Kier molecular flexibility index (Phi) is 5.56. The Labute approximate surface area is 136 Å². The zero-order chi connectivity index (χ0) is 18.0. The van der Waals surface area contributed by atoms with Crippen LogP contribution in [0.3, 0.4) is 0 Å². The van der Waals surface area contributed by atoms with E-state index in [2.05, 4.69) is 0 Å². The van der Waals surface area contributed by atoms with Crippen molar-refractivity contribution in [2.75, 3.05) is 0 Å². The number of carbonyl (C=O) groups is 4. The van der Waals surface area contributed by atoms with Crippen LogP contribution in [0.25, 0.3) is 0 Å². The van der Waals surface area contributed by atoms with Crippen LogP contribution in [0.4, 0.5) is 4.79 Å². The molecule has 7 nitrogen and oxygen atoms in total. The molecule has 0 saturated carbocycles. The Morgan fingerprint density at radius 3 is 2.04 bits per heavy atom. The average Bonchev–Trinajstić information content (AvgIpc) is 2.33. The van der Waals surface area contributed by atoms with Crippen LogP contribution in [0.15, 0.2) is 0 Å². The van der Waals surface area contributed by atoms with Gasteiger partial charge in [-0.2, -0.15) is 0 Å². The number of aldehydes is 1. The Bertz CT molecular complexity index is 500. The minimum atomic E-state index is -1.15. The van der Waals surface area contributed by atoms with E-state index in [1.807, 2.05) is 0 Å². The molecule has 0 aromatic carbocycles. The number of esters is 1. The first-order valence-corrected chi connectivity index (χ1v) is 7.57. The first kappa shape index (κ1) is 19.1. The van der Waals surface area contributed by atoms with Crippen LogP contribution in [-0.4, -0.2) is 46.4 Å². The second-order valence-corrected chi connectivity index (χ2v) is 7.63. The summed E-state index contributed by atoms with van der Waals surface area (Å²) in [5.74, 6) is -1.94. The van der Waals surface area contributed by atoms with Crippen molar-refractivity contribution in [1.82, 2.24) is 4.90 Å². The Morgan fingerprint density at radius 1 is 1.09 bits per heavy atom. The van der Waals surface area contributed by atoms with E-state index in [0.29, 0.717) is 6.29 Å². The molecule has 1 rings (SSSR count). The number of likely N-dealkylation sites (tertiary alicyclic amines) is 1. The van der Waals surface area contributed by atoms with E-state index in [9.17, 15) is 19.2 Å². The lowest BCUT2D eigenvalue weighted by Gasteiger charge is -2.36.